The second-order valence-corrected chi connectivity index (χ2v) is 7.34. The van der Waals surface area contributed by atoms with Crippen molar-refractivity contribution in [1.29, 1.82) is 0 Å². The summed E-state index contributed by atoms with van der Waals surface area (Å²) in [5.41, 5.74) is 1.30. The molecule has 1 fully saturated rings. The quantitative estimate of drug-likeness (QED) is 0.866. The molecule has 2 rings (SSSR count). The van der Waals surface area contributed by atoms with Crippen molar-refractivity contribution in [3.05, 3.63) is 15.6 Å². The van der Waals surface area contributed by atoms with Gasteiger partial charge in [0.25, 0.3) is 0 Å². The van der Waals surface area contributed by atoms with Gasteiger partial charge in [-0.25, -0.2) is 4.98 Å². The van der Waals surface area contributed by atoms with Crippen LogP contribution in [-0.4, -0.2) is 30.0 Å². The maximum atomic E-state index is 4.83. The molecular weight excluding hydrogens is 254 g/mol. The minimum absolute atomic E-state index is 0.521. The van der Waals surface area contributed by atoms with E-state index in [9.17, 15) is 0 Å². The van der Waals surface area contributed by atoms with Crippen LogP contribution in [0, 0.1) is 0 Å². The highest BCUT2D eigenvalue weighted by Gasteiger charge is 2.18. The Morgan fingerprint density at radius 2 is 2.00 bits per heavy atom. The van der Waals surface area contributed by atoms with E-state index in [1.807, 2.05) is 11.3 Å². The van der Waals surface area contributed by atoms with Gasteiger partial charge in [-0.1, -0.05) is 26.7 Å². The Hall–Kier alpha value is -0.450. The second kappa shape index (κ2) is 6.82. The van der Waals surface area contributed by atoms with Gasteiger partial charge in [0.1, 0.15) is 5.01 Å². The topological polar surface area (TPSA) is 28.2 Å². The summed E-state index contributed by atoms with van der Waals surface area (Å²) < 4.78 is 0. The Labute approximate surface area is 121 Å². The molecule has 1 aliphatic carbocycles. The van der Waals surface area contributed by atoms with Gasteiger partial charge in [-0.2, -0.15) is 0 Å². The molecule has 0 aliphatic heterocycles. The molecule has 0 saturated heterocycles. The summed E-state index contributed by atoms with van der Waals surface area (Å²) in [6, 6.07) is 0.736. The summed E-state index contributed by atoms with van der Waals surface area (Å²) >= 11 is 1.88. The average molecular weight is 281 g/mol. The average Bonchev–Trinajstić information content (AvgIpc) is 2.94. The van der Waals surface area contributed by atoms with E-state index in [1.165, 1.54) is 41.3 Å². The summed E-state index contributed by atoms with van der Waals surface area (Å²) in [6.45, 7) is 6.44. The third-order valence-electron chi connectivity index (χ3n) is 3.68. The molecule has 0 amide bonds. The fraction of sp³-hybridized carbons (Fsp3) is 0.800. The highest BCUT2D eigenvalue weighted by atomic mass is 32.1. The van der Waals surface area contributed by atoms with Gasteiger partial charge in [0.15, 0.2) is 0 Å². The molecular formula is C15H27N3S. The molecule has 0 unspecified atom stereocenters. The minimum atomic E-state index is 0.521. The van der Waals surface area contributed by atoms with Crippen LogP contribution < -0.4 is 5.32 Å². The lowest BCUT2D eigenvalue weighted by molar-refractivity contribution is 0.401. The lowest BCUT2D eigenvalue weighted by atomic mass is 10.1. The molecule has 0 radical (unpaired) electrons. The van der Waals surface area contributed by atoms with E-state index >= 15 is 0 Å². The smallest absolute Gasteiger partial charge is 0.107 e. The highest BCUT2D eigenvalue weighted by molar-refractivity contribution is 7.11. The summed E-state index contributed by atoms with van der Waals surface area (Å²) in [5.74, 6) is 0.521. The highest BCUT2D eigenvalue weighted by Crippen LogP contribution is 2.26. The molecule has 0 bridgehead atoms. The molecule has 0 aromatic carbocycles. The summed E-state index contributed by atoms with van der Waals surface area (Å²) in [5, 5.41) is 4.96. The first-order valence-corrected chi connectivity index (χ1v) is 8.24. The molecule has 108 valence electrons. The van der Waals surface area contributed by atoms with E-state index in [-0.39, 0.29) is 0 Å². The van der Waals surface area contributed by atoms with Crippen molar-refractivity contribution in [2.45, 2.75) is 64.6 Å². The first kappa shape index (κ1) is 14.9. The van der Waals surface area contributed by atoms with E-state index in [0.29, 0.717) is 5.92 Å². The predicted molar refractivity (Wildman–Crippen MR) is 82.7 cm³/mol. The zero-order chi connectivity index (χ0) is 13.8. The Morgan fingerprint density at radius 1 is 1.32 bits per heavy atom. The Morgan fingerprint density at radius 3 is 2.58 bits per heavy atom. The molecule has 0 spiro atoms. The Balaban J connectivity index is 2.01. The maximum absolute atomic E-state index is 4.83. The number of nitrogens with zero attached hydrogens (tertiary/aromatic N) is 2. The lowest BCUT2D eigenvalue weighted by Crippen LogP contribution is -2.25. The van der Waals surface area contributed by atoms with Crippen molar-refractivity contribution in [1.82, 2.24) is 15.2 Å². The summed E-state index contributed by atoms with van der Waals surface area (Å²) in [7, 11) is 4.21. The molecule has 1 aromatic heterocycles. The molecule has 1 aromatic rings. The van der Waals surface area contributed by atoms with Gasteiger partial charge in [-0.3, -0.25) is 0 Å². The van der Waals surface area contributed by atoms with Crippen LogP contribution in [0.3, 0.4) is 0 Å². The minimum Gasteiger partial charge on any atom is -0.309 e. The molecule has 1 N–H and O–H groups in total. The van der Waals surface area contributed by atoms with E-state index in [4.69, 9.17) is 4.98 Å². The summed E-state index contributed by atoms with van der Waals surface area (Å²) in [4.78, 5) is 8.47. The number of hydrogen-bond donors (Lipinski definition) is 1. The van der Waals surface area contributed by atoms with Crippen LogP contribution in [0.15, 0.2) is 0 Å². The number of thiazole rings is 1. The number of nitrogens with one attached hydrogen (secondary N) is 1. The van der Waals surface area contributed by atoms with E-state index in [0.717, 1.165) is 19.1 Å². The largest absolute Gasteiger partial charge is 0.309 e. The number of aromatic nitrogens is 1. The number of rotatable bonds is 6. The van der Waals surface area contributed by atoms with Crippen LogP contribution in [0.25, 0.3) is 0 Å². The SMILES string of the molecule is CC(C)c1nc(CN(C)C)sc1CNC1CCCC1. The van der Waals surface area contributed by atoms with Crippen molar-refractivity contribution >= 4 is 11.3 Å². The molecule has 0 atom stereocenters. The van der Waals surface area contributed by atoms with Crippen LogP contribution in [0.4, 0.5) is 0 Å². The standard InChI is InChI=1S/C15H27N3S/c1-11(2)15-13(9-16-12-7-5-6-8-12)19-14(17-15)10-18(3)4/h11-12,16H,5-10H2,1-4H3. The fourth-order valence-corrected chi connectivity index (χ4v) is 3.99. The third kappa shape index (κ3) is 4.26. The monoisotopic (exact) mass is 281 g/mol. The number of hydrogen-bond acceptors (Lipinski definition) is 4. The van der Waals surface area contributed by atoms with Gasteiger partial charge in [-0.05, 0) is 32.9 Å². The Bertz CT molecular complexity index is 392. The predicted octanol–water partition coefficient (Wildman–Crippen LogP) is 3.36. The molecule has 1 heterocycles. The van der Waals surface area contributed by atoms with Gasteiger partial charge >= 0.3 is 0 Å². The molecule has 4 heteroatoms. The van der Waals surface area contributed by atoms with E-state index < -0.39 is 0 Å². The van der Waals surface area contributed by atoms with Crippen molar-refractivity contribution < 1.29 is 0 Å². The van der Waals surface area contributed by atoms with E-state index in [2.05, 4.69) is 38.2 Å². The van der Waals surface area contributed by atoms with Gasteiger partial charge in [0.05, 0.1) is 5.69 Å². The first-order chi connectivity index (χ1) is 9.06. The van der Waals surface area contributed by atoms with Crippen LogP contribution in [0.2, 0.25) is 0 Å². The first-order valence-electron chi connectivity index (χ1n) is 7.43. The third-order valence-corrected chi connectivity index (χ3v) is 4.73. The zero-order valence-electron chi connectivity index (χ0n) is 12.7. The van der Waals surface area contributed by atoms with Gasteiger partial charge < -0.3 is 10.2 Å². The zero-order valence-corrected chi connectivity index (χ0v) is 13.5. The molecule has 1 saturated carbocycles. The van der Waals surface area contributed by atoms with Crippen LogP contribution in [0.1, 0.15) is 61.0 Å². The van der Waals surface area contributed by atoms with Crippen LogP contribution >= 0.6 is 11.3 Å². The van der Waals surface area contributed by atoms with Gasteiger partial charge in [0, 0.05) is 24.0 Å². The van der Waals surface area contributed by atoms with Gasteiger partial charge in [-0.15, -0.1) is 11.3 Å². The molecule has 19 heavy (non-hydrogen) atoms. The maximum Gasteiger partial charge on any atom is 0.107 e. The van der Waals surface area contributed by atoms with Crippen LogP contribution in [0.5, 0.6) is 0 Å². The second-order valence-electron chi connectivity index (χ2n) is 6.17. The fourth-order valence-electron chi connectivity index (χ4n) is 2.70. The normalized spacial score (nSPS) is 16.9. The van der Waals surface area contributed by atoms with Crippen molar-refractivity contribution in [2.24, 2.45) is 0 Å². The van der Waals surface area contributed by atoms with Crippen LogP contribution in [-0.2, 0) is 13.1 Å². The van der Waals surface area contributed by atoms with Crippen molar-refractivity contribution in [2.75, 3.05) is 14.1 Å². The lowest BCUT2D eigenvalue weighted by Gasteiger charge is -2.12. The van der Waals surface area contributed by atoms with Crippen molar-refractivity contribution in [3.8, 4) is 0 Å². The van der Waals surface area contributed by atoms with Gasteiger partial charge in [0.2, 0.25) is 0 Å². The van der Waals surface area contributed by atoms with Crippen molar-refractivity contribution in [3.63, 3.8) is 0 Å². The van der Waals surface area contributed by atoms with E-state index in [1.54, 1.807) is 0 Å². The molecule has 1 aliphatic rings. The molecule has 3 nitrogen and oxygen atoms in total. The summed E-state index contributed by atoms with van der Waals surface area (Å²) in [6.07, 6.45) is 5.48. The Kier molecular flexibility index (Phi) is 5.37.